The van der Waals surface area contributed by atoms with Crippen LogP contribution >= 0.6 is 0 Å². The molecule has 1 heterocycles. The van der Waals surface area contributed by atoms with Crippen LogP contribution < -0.4 is 15.4 Å². The summed E-state index contributed by atoms with van der Waals surface area (Å²) in [7, 11) is 0. The van der Waals surface area contributed by atoms with Gasteiger partial charge in [-0.25, -0.2) is 0 Å². The van der Waals surface area contributed by atoms with Gasteiger partial charge >= 0.3 is 11.8 Å². The number of benzene rings is 1. The van der Waals surface area contributed by atoms with Gasteiger partial charge in [-0.1, -0.05) is 0 Å². The predicted octanol–water partition coefficient (Wildman–Crippen LogP) is 2.03. The summed E-state index contributed by atoms with van der Waals surface area (Å²) in [6.07, 6.45) is 3.18. The number of carbonyl (C=O) groups is 2. The number of aliphatic hydroxyl groups is 1. The molecule has 2 amide bonds. The first-order chi connectivity index (χ1) is 12.5. The van der Waals surface area contributed by atoms with Gasteiger partial charge in [0.1, 0.15) is 17.1 Å². The zero-order chi connectivity index (χ0) is 18.6. The van der Waals surface area contributed by atoms with Crippen molar-refractivity contribution in [3.05, 3.63) is 48.4 Å². The van der Waals surface area contributed by atoms with E-state index in [1.165, 1.54) is 6.26 Å². The molecule has 1 aromatic heterocycles. The highest BCUT2D eigenvalue weighted by Gasteiger charge is 2.47. The smallest absolute Gasteiger partial charge is 0.313 e. The molecule has 0 radical (unpaired) electrons. The summed E-state index contributed by atoms with van der Waals surface area (Å²) < 4.78 is 10.6. The average molecular weight is 358 g/mol. The molecule has 3 N–H and O–H groups in total. The number of rotatable bonds is 7. The van der Waals surface area contributed by atoms with Gasteiger partial charge in [0.25, 0.3) is 0 Å². The molecule has 7 nitrogen and oxygen atoms in total. The number of anilines is 1. The molecule has 2 aromatic rings. The van der Waals surface area contributed by atoms with Crippen molar-refractivity contribution < 1.29 is 23.8 Å². The summed E-state index contributed by atoms with van der Waals surface area (Å²) in [5.41, 5.74) is -0.810. The van der Waals surface area contributed by atoms with Crippen LogP contribution in [0.5, 0.6) is 5.75 Å². The molecule has 0 bridgehead atoms. The molecule has 1 aliphatic rings. The summed E-state index contributed by atoms with van der Waals surface area (Å²) in [4.78, 5) is 24.1. The first kappa shape index (κ1) is 18.0. The van der Waals surface area contributed by atoms with E-state index >= 15 is 0 Å². The topological polar surface area (TPSA) is 101 Å². The van der Waals surface area contributed by atoms with Gasteiger partial charge < -0.3 is 24.9 Å². The molecule has 0 spiro atoms. The van der Waals surface area contributed by atoms with Crippen LogP contribution in [-0.4, -0.2) is 30.1 Å². The third kappa shape index (κ3) is 4.05. The van der Waals surface area contributed by atoms with E-state index in [1.54, 1.807) is 36.4 Å². The normalized spacial score (nSPS) is 15.8. The number of furan rings is 1. The SMILES string of the molecule is CCOc1ccc(NC(=O)C(=O)NCC(O)(c2ccco2)C2CC2)cc1. The predicted molar refractivity (Wildman–Crippen MR) is 94.6 cm³/mol. The molecule has 1 unspecified atom stereocenters. The van der Waals surface area contributed by atoms with Gasteiger partial charge in [-0.15, -0.1) is 0 Å². The molecule has 3 rings (SSSR count). The average Bonchev–Trinajstić information content (AvgIpc) is 3.36. The van der Waals surface area contributed by atoms with E-state index in [4.69, 9.17) is 9.15 Å². The summed E-state index contributed by atoms with van der Waals surface area (Å²) in [6.45, 7) is 2.35. The van der Waals surface area contributed by atoms with Crippen molar-refractivity contribution >= 4 is 17.5 Å². The first-order valence-corrected chi connectivity index (χ1v) is 8.61. The molecule has 138 valence electrons. The minimum absolute atomic E-state index is 0.0168. The van der Waals surface area contributed by atoms with Crippen LogP contribution in [0.3, 0.4) is 0 Å². The zero-order valence-corrected chi connectivity index (χ0v) is 14.5. The Morgan fingerprint density at radius 1 is 1.23 bits per heavy atom. The fourth-order valence-electron chi connectivity index (χ4n) is 2.80. The van der Waals surface area contributed by atoms with Crippen LogP contribution in [0.2, 0.25) is 0 Å². The van der Waals surface area contributed by atoms with Gasteiger partial charge in [0.15, 0.2) is 0 Å². The quantitative estimate of drug-likeness (QED) is 0.658. The van der Waals surface area contributed by atoms with Gasteiger partial charge in [-0.2, -0.15) is 0 Å². The van der Waals surface area contributed by atoms with E-state index in [0.29, 0.717) is 23.8 Å². The first-order valence-electron chi connectivity index (χ1n) is 8.61. The van der Waals surface area contributed by atoms with E-state index in [9.17, 15) is 14.7 Å². The lowest BCUT2D eigenvalue weighted by Gasteiger charge is -2.26. The highest BCUT2D eigenvalue weighted by atomic mass is 16.5. The number of amides is 2. The molecule has 1 atom stereocenters. The Balaban J connectivity index is 1.56. The van der Waals surface area contributed by atoms with E-state index in [2.05, 4.69) is 10.6 Å². The molecule has 0 aliphatic heterocycles. The minimum Gasteiger partial charge on any atom is -0.494 e. The number of nitrogens with one attached hydrogen (secondary N) is 2. The number of carbonyl (C=O) groups excluding carboxylic acids is 2. The largest absolute Gasteiger partial charge is 0.494 e. The number of ether oxygens (including phenoxy) is 1. The highest BCUT2D eigenvalue weighted by Crippen LogP contribution is 2.45. The van der Waals surface area contributed by atoms with Gasteiger partial charge in [0.05, 0.1) is 19.4 Å². The Hall–Kier alpha value is -2.80. The van der Waals surface area contributed by atoms with Gasteiger partial charge in [-0.05, 0) is 62.1 Å². The lowest BCUT2D eigenvalue weighted by atomic mass is 9.94. The van der Waals surface area contributed by atoms with Crippen LogP contribution in [0.25, 0.3) is 0 Å². The second-order valence-corrected chi connectivity index (χ2v) is 6.27. The van der Waals surface area contributed by atoms with Crippen LogP contribution in [0.4, 0.5) is 5.69 Å². The lowest BCUT2D eigenvalue weighted by Crippen LogP contribution is -2.45. The Morgan fingerprint density at radius 3 is 2.54 bits per heavy atom. The van der Waals surface area contributed by atoms with E-state index < -0.39 is 17.4 Å². The van der Waals surface area contributed by atoms with Crippen molar-refractivity contribution in [2.45, 2.75) is 25.4 Å². The maximum atomic E-state index is 12.1. The van der Waals surface area contributed by atoms with Crippen molar-refractivity contribution in [1.29, 1.82) is 0 Å². The van der Waals surface area contributed by atoms with Gasteiger partial charge in [0, 0.05) is 5.69 Å². The van der Waals surface area contributed by atoms with Gasteiger partial charge in [0.2, 0.25) is 0 Å². The molecule has 1 fully saturated rings. The summed E-state index contributed by atoms with van der Waals surface area (Å²) in [6, 6.07) is 10.1. The second-order valence-electron chi connectivity index (χ2n) is 6.27. The molecular weight excluding hydrogens is 336 g/mol. The third-order valence-electron chi connectivity index (χ3n) is 4.35. The molecule has 1 saturated carbocycles. The number of hydrogen-bond acceptors (Lipinski definition) is 5. The molecule has 26 heavy (non-hydrogen) atoms. The van der Waals surface area contributed by atoms with Crippen molar-refractivity contribution in [1.82, 2.24) is 5.32 Å². The van der Waals surface area contributed by atoms with Crippen LogP contribution in [0.15, 0.2) is 47.1 Å². The fraction of sp³-hybridized carbons (Fsp3) is 0.368. The third-order valence-corrected chi connectivity index (χ3v) is 4.35. The maximum Gasteiger partial charge on any atom is 0.313 e. The van der Waals surface area contributed by atoms with Crippen LogP contribution in [0, 0.1) is 5.92 Å². The lowest BCUT2D eigenvalue weighted by molar-refractivity contribution is -0.137. The Labute approximate surface area is 151 Å². The molecule has 1 aliphatic carbocycles. The Bertz CT molecular complexity index is 753. The molecule has 7 heteroatoms. The van der Waals surface area contributed by atoms with Gasteiger partial charge in [-0.3, -0.25) is 9.59 Å². The minimum atomic E-state index is -1.29. The van der Waals surface area contributed by atoms with E-state index in [-0.39, 0.29) is 12.5 Å². The number of hydrogen-bond donors (Lipinski definition) is 3. The second kappa shape index (κ2) is 7.61. The fourth-order valence-corrected chi connectivity index (χ4v) is 2.80. The summed E-state index contributed by atoms with van der Waals surface area (Å²) in [5, 5.41) is 15.9. The Morgan fingerprint density at radius 2 is 1.96 bits per heavy atom. The van der Waals surface area contributed by atoms with Crippen LogP contribution in [-0.2, 0) is 15.2 Å². The summed E-state index contributed by atoms with van der Waals surface area (Å²) in [5.74, 6) is -0.519. The van der Waals surface area contributed by atoms with Crippen LogP contribution in [0.1, 0.15) is 25.5 Å². The van der Waals surface area contributed by atoms with Crippen molar-refractivity contribution in [2.24, 2.45) is 5.92 Å². The van der Waals surface area contributed by atoms with Crippen molar-refractivity contribution in [3.63, 3.8) is 0 Å². The van der Waals surface area contributed by atoms with E-state index in [0.717, 1.165) is 12.8 Å². The highest BCUT2D eigenvalue weighted by molar-refractivity contribution is 6.39. The monoisotopic (exact) mass is 358 g/mol. The van der Waals surface area contributed by atoms with Crippen molar-refractivity contribution in [2.75, 3.05) is 18.5 Å². The standard InChI is InChI=1S/C19H22N2O5/c1-2-25-15-9-7-14(8-10-15)21-18(23)17(22)20-12-19(24,13-5-6-13)16-4-3-11-26-16/h3-4,7-11,13,24H,2,5-6,12H2,1H3,(H,20,22)(H,21,23). The zero-order valence-electron chi connectivity index (χ0n) is 14.5. The maximum absolute atomic E-state index is 12.1. The molecule has 1 aromatic carbocycles. The Kier molecular flexibility index (Phi) is 5.27. The summed E-state index contributed by atoms with van der Waals surface area (Å²) >= 11 is 0. The van der Waals surface area contributed by atoms with Crippen molar-refractivity contribution in [3.8, 4) is 5.75 Å². The molecular formula is C19H22N2O5. The molecule has 0 saturated heterocycles. The van der Waals surface area contributed by atoms with E-state index in [1.807, 2.05) is 6.92 Å².